The van der Waals surface area contributed by atoms with Crippen LogP contribution >= 0.6 is 23.4 Å². The third-order valence-corrected chi connectivity index (χ3v) is 5.28. The maximum absolute atomic E-state index is 12.5. The number of nitrogens with one attached hydrogen (secondary N) is 1. The van der Waals surface area contributed by atoms with Gasteiger partial charge in [-0.05, 0) is 43.3 Å². The number of nitriles is 1. The predicted molar refractivity (Wildman–Crippen MR) is 107 cm³/mol. The molecule has 1 N–H and O–H groups in total. The average molecular weight is 398 g/mol. The van der Waals surface area contributed by atoms with Crippen molar-refractivity contribution in [2.75, 3.05) is 5.32 Å². The van der Waals surface area contributed by atoms with Crippen molar-refractivity contribution in [2.24, 2.45) is 7.05 Å². The van der Waals surface area contributed by atoms with Gasteiger partial charge in [0.05, 0.1) is 16.5 Å². The van der Waals surface area contributed by atoms with Crippen molar-refractivity contribution >= 4 is 35.0 Å². The first-order valence-corrected chi connectivity index (χ1v) is 9.37. The Bertz CT molecular complexity index is 1010. The topological polar surface area (TPSA) is 83.6 Å². The lowest BCUT2D eigenvalue weighted by Gasteiger charge is -2.12. The largest absolute Gasteiger partial charge is 0.324 e. The fourth-order valence-corrected chi connectivity index (χ4v) is 3.34. The van der Waals surface area contributed by atoms with E-state index in [2.05, 4.69) is 21.6 Å². The second-order valence-corrected chi connectivity index (χ2v) is 7.52. The number of aromatic nitrogens is 3. The Kier molecular flexibility index (Phi) is 5.79. The molecule has 0 aliphatic heterocycles. The summed E-state index contributed by atoms with van der Waals surface area (Å²) < 4.78 is 1.83. The van der Waals surface area contributed by atoms with E-state index in [1.54, 1.807) is 43.3 Å². The van der Waals surface area contributed by atoms with Gasteiger partial charge in [0.15, 0.2) is 11.0 Å². The summed E-state index contributed by atoms with van der Waals surface area (Å²) in [7, 11) is 1.85. The zero-order valence-corrected chi connectivity index (χ0v) is 16.3. The van der Waals surface area contributed by atoms with Crippen LogP contribution in [0.25, 0.3) is 11.4 Å². The standard InChI is InChI=1S/C19H16ClN5OS/c1-12(18(26)22-16-6-4-3-5-14(16)11-21)27-19-24-23-17(25(19)2)13-7-9-15(20)10-8-13/h3-10,12H,1-2H3,(H,22,26)/t12-/m0/s1. The van der Waals surface area contributed by atoms with Gasteiger partial charge in [-0.15, -0.1) is 10.2 Å². The Labute approximate surface area is 166 Å². The number of hydrogen-bond acceptors (Lipinski definition) is 5. The smallest absolute Gasteiger partial charge is 0.237 e. The Morgan fingerprint density at radius 1 is 1.22 bits per heavy atom. The molecule has 0 fully saturated rings. The number of amides is 1. The van der Waals surface area contributed by atoms with Crippen LogP contribution in [0.4, 0.5) is 5.69 Å². The molecule has 0 unspecified atom stereocenters. The molecule has 1 heterocycles. The van der Waals surface area contributed by atoms with E-state index in [0.29, 0.717) is 27.3 Å². The summed E-state index contributed by atoms with van der Waals surface area (Å²) >= 11 is 7.22. The van der Waals surface area contributed by atoms with Crippen LogP contribution < -0.4 is 5.32 Å². The van der Waals surface area contributed by atoms with Crippen molar-refractivity contribution in [3.63, 3.8) is 0 Å². The molecule has 0 aliphatic carbocycles. The molecular formula is C19H16ClN5OS. The minimum Gasteiger partial charge on any atom is -0.324 e. The first-order chi connectivity index (χ1) is 13.0. The van der Waals surface area contributed by atoms with Gasteiger partial charge in [-0.3, -0.25) is 4.79 Å². The molecule has 3 rings (SSSR count). The van der Waals surface area contributed by atoms with Crippen molar-refractivity contribution in [2.45, 2.75) is 17.3 Å². The number of thioether (sulfide) groups is 1. The van der Waals surface area contributed by atoms with E-state index >= 15 is 0 Å². The monoisotopic (exact) mass is 397 g/mol. The van der Waals surface area contributed by atoms with Gasteiger partial charge in [-0.25, -0.2) is 0 Å². The van der Waals surface area contributed by atoms with Crippen LogP contribution in [0.15, 0.2) is 53.7 Å². The van der Waals surface area contributed by atoms with Gasteiger partial charge in [0.2, 0.25) is 5.91 Å². The molecule has 1 atom stereocenters. The molecule has 27 heavy (non-hydrogen) atoms. The van der Waals surface area contributed by atoms with E-state index in [1.807, 2.05) is 23.7 Å². The van der Waals surface area contributed by atoms with Gasteiger partial charge in [0, 0.05) is 17.6 Å². The number of rotatable bonds is 5. The summed E-state index contributed by atoms with van der Waals surface area (Å²) in [6, 6.07) is 16.3. The van der Waals surface area contributed by atoms with Gasteiger partial charge >= 0.3 is 0 Å². The zero-order valence-electron chi connectivity index (χ0n) is 14.7. The first-order valence-electron chi connectivity index (χ1n) is 8.11. The van der Waals surface area contributed by atoms with E-state index in [1.165, 1.54) is 11.8 Å². The number of carbonyl (C=O) groups is 1. The number of halogens is 1. The Morgan fingerprint density at radius 2 is 1.93 bits per heavy atom. The zero-order chi connectivity index (χ0) is 19.4. The summed E-state index contributed by atoms with van der Waals surface area (Å²) in [5.41, 5.74) is 1.81. The molecule has 2 aromatic carbocycles. The summed E-state index contributed by atoms with van der Waals surface area (Å²) in [4.78, 5) is 12.5. The lowest BCUT2D eigenvalue weighted by Crippen LogP contribution is -2.23. The maximum Gasteiger partial charge on any atom is 0.237 e. The highest BCUT2D eigenvalue weighted by Gasteiger charge is 2.20. The molecule has 0 spiro atoms. The van der Waals surface area contributed by atoms with Crippen LogP contribution in [0.3, 0.4) is 0 Å². The number of nitrogens with zero attached hydrogens (tertiary/aromatic N) is 4. The van der Waals surface area contributed by atoms with Crippen LogP contribution in [0.2, 0.25) is 5.02 Å². The number of carbonyl (C=O) groups excluding carboxylic acids is 1. The van der Waals surface area contributed by atoms with Crippen LogP contribution in [-0.4, -0.2) is 25.9 Å². The van der Waals surface area contributed by atoms with Gasteiger partial charge < -0.3 is 9.88 Å². The van der Waals surface area contributed by atoms with Crippen LogP contribution in [0, 0.1) is 11.3 Å². The highest BCUT2D eigenvalue weighted by Crippen LogP contribution is 2.27. The van der Waals surface area contributed by atoms with Crippen molar-refractivity contribution < 1.29 is 4.79 Å². The Hall–Kier alpha value is -2.82. The van der Waals surface area contributed by atoms with Crippen molar-refractivity contribution in [3.05, 3.63) is 59.1 Å². The van der Waals surface area contributed by atoms with Gasteiger partial charge in [-0.1, -0.05) is 35.5 Å². The third kappa shape index (κ3) is 4.30. The average Bonchev–Trinajstić information content (AvgIpc) is 3.03. The summed E-state index contributed by atoms with van der Waals surface area (Å²) in [5, 5.41) is 21.2. The van der Waals surface area contributed by atoms with Gasteiger partial charge in [-0.2, -0.15) is 5.26 Å². The number of hydrogen-bond donors (Lipinski definition) is 1. The van der Waals surface area contributed by atoms with Gasteiger partial charge in [0.25, 0.3) is 0 Å². The molecule has 0 aliphatic rings. The minimum atomic E-state index is -0.419. The number of anilines is 1. The fourth-order valence-electron chi connectivity index (χ4n) is 2.40. The van der Waals surface area contributed by atoms with Crippen LogP contribution in [0.5, 0.6) is 0 Å². The van der Waals surface area contributed by atoms with E-state index in [9.17, 15) is 4.79 Å². The van der Waals surface area contributed by atoms with Crippen molar-refractivity contribution in [3.8, 4) is 17.5 Å². The SMILES string of the molecule is C[C@H](Sc1nnc(-c2ccc(Cl)cc2)n1C)C(=O)Nc1ccccc1C#N. The molecular weight excluding hydrogens is 382 g/mol. The minimum absolute atomic E-state index is 0.209. The van der Waals surface area contributed by atoms with Crippen molar-refractivity contribution in [1.82, 2.24) is 14.8 Å². The Balaban J connectivity index is 1.72. The van der Waals surface area contributed by atoms with Crippen molar-refractivity contribution in [1.29, 1.82) is 5.26 Å². The summed E-state index contributed by atoms with van der Waals surface area (Å²) in [5.74, 6) is 0.482. The molecule has 0 bridgehead atoms. The normalized spacial score (nSPS) is 11.6. The van der Waals surface area contributed by atoms with E-state index < -0.39 is 5.25 Å². The molecule has 136 valence electrons. The first kappa shape index (κ1) is 19.0. The molecule has 0 saturated heterocycles. The molecule has 1 amide bonds. The Morgan fingerprint density at radius 3 is 2.63 bits per heavy atom. The molecule has 0 saturated carbocycles. The van der Waals surface area contributed by atoms with Crippen LogP contribution in [-0.2, 0) is 11.8 Å². The lowest BCUT2D eigenvalue weighted by atomic mass is 10.2. The fraction of sp³-hybridized carbons (Fsp3) is 0.158. The molecule has 1 aromatic heterocycles. The summed E-state index contributed by atoms with van der Waals surface area (Å²) in [6.07, 6.45) is 0. The highest BCUT2D eigenvalue weighted by molar-refractivity contribution is 8.00. The predicted octanol–water partition coefficient (Wildman–Crippen LogP) is 4.13. The van der Waals surface area contributed by atoms with Gasteiger partial charge in [0.1, 0.15) is 6.07 Å². The van der Waals surface area contributed by atoms with Crippen LogP contribution in [0.1, 0.15) is 12.5 Å². The third-order valence-electron chi connectivity index (χ3n) is 3.89. The highest BCUT2D eigenvalue weighted by atomic mass is 35.5. The maximum atomic E-state index is 12.5. The van der Waals surface area contributed by atoms with E-state index in [4.69, 9.17) is 16.9 Å². The second-order valence-electron chi connectivity index (χ2n) is 5.78. The summed E-state index contributed by atoms with van der Waals surface area (Å²) in [6.45, 7) is 1.78. The van der Waals surface area contributed by atoms with E-state index in [0.717, 1.165) is 5.56 Å². The quantitative estimate of drug-likeness (QED) is 0.654. The van der Waals surface area contributed by atoms with E-state index in [-0.39, 0.29) is 5.91 Å². The molecule has 0 radical (unpaired) electrons. The molecule has 6 nitrogen and oxygen atoms in total. The molecule has 8 heteroatoms. The number of benzene rings is 2. The second kappa shape index (κ2) is 8.25. The number of para-hydroxylation sites is 1. The molecule has 3 aromatic rings. The lowest BCUT2D eigenvalue weighted by molar-refractivity contribution is -0.115.